The zero-order chi connectivity index (χ0) is 12.0. The van der Waals surface area contributed by atoms with Crippen molar-refractivity contribution in [2.45, 2.75) is 26.8 Å². The fourth-order valence-electron chi connectivity index (χ4n) is 1.40. The van der Waals surface area contributed by atoms with Crippen molar-refractivity contribution >= 4 is 17.6 Å². The molecule has 0 saturated carbocycles. The van der Waals surface area contributed by atoms with Crippen LogP contribution >= 0.6 is 11.8 Å². The van der Waals surface area contributed by atoms with Gasteiger partial charge in [-0.1, -0.05) is 6.92 Å². The van der Waals surface area contributed by atoms with Gasteiger partial charge in [-0.05, 0) is 31.7 Å². The molecule has 1 atom stereocenters. The molecule has 0 saturated heterocycles. The molecule has 1 aromatic rings. The van der Waals surface area contributed by atoms with E-state index in [0.29, 0.717) is 11.6 Å². The van der Waals surface area contributed by atoms with Gasteiger partial charge in [0.1, 0.15) is 5.82 Å². The zero-order valence-electron chi connectivity index (χ0n) is 9.95. The van der Waals surface area contributed by atoms with Crippen molar-refractivity contribution in [2.75, 3.05) is 16.8 Å². The van der Waals surface area contributed by atoms with Crippen LogP contribution in [0.25, 0.3) is 0 Å². The van der Waals surface area contributed by atoms with Crippen LogP contribution in [0.2, 0.25) is 0 Å². The number of nitrogens with zero attached hydrogens (tertiary/aromatic N) is 2. The van der Waals surface area contributed by atoms with Crippen LogP contribution in [-0.2, 0) is 0 Å². The molecular weight excluding hydrogens is 218 g/mol. The molecule has 0 amide bonds. The molecule has 1 N–H and O–H groups in total. The monoisotopic (exact) mass is 235 g/mol. The molecule has 0 aromatic carbocycles. The average Bonchev–Trinajstić information content (AvgIpc) is 2.25. The maximum absolute atomic E-state index is 8.85. The Kier molecular flexibility index (Phi) is 5.13. The highest BCUT2D eigenvalue weighted by atomic mass is 32.2. The quantitative estimate of drug-likeness (QED) is 0.852. The van der Waals surface area contributed by atoms with Gasteiger partial charge in [0, 0.05) is 17.5 Å². The number of nitriles is 1. The first-order chi connectivity index (χ1) is 7.65. The number of rotatable bonds is 5. The number of nitrogens with one attached hydrogen (secondary N) is 1. The van der Waals surface area contributed by atoms with Crippen molar-refractivity contribution in [3.05, 3.63) is 23.4 Å². The third-order valence-corrected chi connectivity index (χ3v) is 3.19. The van der Waals surface area contributed by atoms with E-state index in [1.165, 1.54) is 0 Å². The molecule has 3 nitrogen and oxygen atoms in total. The standard InChI is InChI=1S/C12H17N3S/c1-4-16-8-10(3)15-12-6-11(7-13)5-9(2)14-12/h5-6,10H,4,8H2,1-3H3,(H,14,15). The summed E-state index contributed by atoms with van der Waals surface area (Å²) in [7, 11) is 0. The van der Waals surface area contributed by atoms with Gasteiger partial charge in [-0.3, -0.25) is 0 Å². The lowest BCUT2D eigenvalue weighted by Gasteiger charge is -2.14. The Hall–Kier alpha value is -1.21. The summed E-state index contributed by atoms with van der Waals surface area (Å²) in [4.78, 5) is 4.36. The smallest absolute Gasteiger partial charge is 0.127 e. The summed E-state index contributed by atoms with van der Waals surface area (Å²) in [6.07, 6.45) is 0. The van der Waals surface area contributed by atoms with Crippen LogP contribution in [0.4, 0.5) is 5.82 Å². The SMILES string of the molecule is CCSCC(C)Nc1cc(C#N)cc(C)n1. The lowest BCUT2D eigenvalue weighted by Crippen LogP contribution is -2.19. The van der Waals surface area contributed by atoms with Gasteiger partial charge in [0.25, 0.3) is 0 Å². The van der Waals surface area contributed by atoms with Crippen LogP contribution in [0.3, 0.4) is 0 Å². The van der Waals surface area contributed by atoms with E-state index in [1.807, 2.05) is 18.7 Å². The molecule has 1 unspecified atom stereocenters. The van der Waals surface area contributed by atoms with Crippen LogP contribution in [-0.4, -0.2) is 22.5 Å². The first-order valence-electron chi connectivity index (χ1n) is 5.38. The van der Waals surface area contributed by atoms with Crippen LogP contribution in [0.1, 0.15) is 25.1 Å². The van der Waals surface area contributed by atoms with E-state index >= 15 is 0 Å². The molecule has 0 radical (unpaired) electrons. The summed E-state index contributed by atoms with van der Waals surface area (Å²) in [5.41, 5.74) is 1.53. The van der Waals surface area contributed by atoms with Gasteiger partial charge in [-0.15, -0.1) is 0 Å². The van der Waals surface area contributed by atoms with E-state index in [4.69, 9.17) is 5.26 Å². The highest BCUT2D eigenvalue weighted by molar-refractivity contribution is 7.99. The van der Waals surface area contributed by atoms with Crippen LogP contribution in [0, 0.1) is 18.3 Å². The number of thioether (sulfide) groups is 1. The highest BCUT2D eigenvalue weighted by Crippen LogP contribution is 2.12. The lowest BCUT2D eigenvalue weighted by atomic mass is 10.2. The van der Waals surface area contributed by atoms with E-state index in [0.717, 1.165) is 23.0 Å². The van der Waals surface area contributed by atoms with Gasteiger partial charge < -0.3 is 5.32 Å². The average molecular weight is 235 g/mol. The maximum atomic E-state index is 8.85. The third-order valence-electron chi connectivity index (χ3n) is 2.05. The van der Waals surface area contributed by atoms with Crippen molar-refractivity contribution in [3.8, 4) is 6.07 Å². The minimum absolute atomic E-state index is 0.366. The lowest BCUT2D eigenvalue weighted by molar-refractivity contribution is 0.899. The Labute approximate surface area is 101 Å². The second-order valence-electron chi connectivity index (χ2n) is 3.70. The van der Waals surface area contributed by atoms with Crippen molar-refractivity contribution in [1.29, 1.82) is 5.26 Å². The van der Waals surface area contributed by atoms with Crippen molar-refractivity contribution < 1.29 is 0 Å². The van der Waals surface area contributed by atoms with Gasteiger partial charge in [-0.25, -0.2) is 4.98 Å². The molecular formula is C12H17N3S. The Bertz CT molecular complexity index is 384. The third kappa shape index (κ3) is 4.11. The van der Waals surface area contributed by atoms with E-state index in [2.05, 4.69) is 30.2 Å². The van der Waals surface area contributed by atoms with E-state index in [1.54, 1.807) is 12.1 Å². The van der Waals surface area contributed by atoms with Crippen molar-refractivity contribution in [1.82, 2.24) is 4.98 Å². The fourth-order valence-corrected chi connectivity index (χ4v) is 2.07. The van der Waals surface area contributed by atoms with E-state index in [-0.39, 0.29) is 0 Å². The predicted molar refractivity (Wildman–Crippen MR) is 69.8 cm³/mol. The van der Waals surface area contributed by atoms with Crippen LogP contribution < -0.4 is 5.32 Å². The van der Waals surface area contributed by atoms with Crippen LogP contribution in [0.5, 0.6) is 0 Å². The minimum atomic E-state index is 0.366. The topological polar surface area (TPSA) is 48.7 Å². The first-order valence-corrected chi connectivity index (χ1v) is 6.54. The Balaban J connectivity index is 2.66. The summed E-state index contributed by atoms with van der Waals surface area (Å²) in [5, 5.41) is 12.2. The molecule has 4 heteroatoms. The molecule has 86 valence electrons. The number of aryl methyl sites for hydroxylation is 1. The Morgan fingerprint density at radius 1 is 1.56 bits per heavy atom. The van der Waals surface area contributed by atoms with Crippen molar-refractivity contribution in [3.63, 3.8) is 0 Å². The molecule has 0 aliphatic rings. The summed E-state index contributed by atoms with van der Waals surface area (Å²) >= 11 is 1.89. The normalized spacial score (nSPS) is 11.9. The number of anilines is 1. The summed E-state index contributed by atoms with van der Waals surface area (Å²) < 4.78 is 0. The number of pyridine rings is 1. The maximum Gasteiger partial charge on any atom is 0.127 e. The van der Waals surface area contributed by atoms with Gasteiger partial charge in [0.2, 0.25) is 0 Å². The van der Waals surface area contributed by atoms with Gasteiger partial charge in [0.15, 0.2) is 0 Å². The van der Waals surface area contributed by atoms with Gasteiger partial charge >= 0.3 is 0 Å². The Morgan fingerprint density at radius 3 is 2.94 bits per heavy atom. The fraction of sp³-hybridized carbons (Fsp3) is 0.500. The molecule has 16 heavy (non-hydrogen) atoms. The first kappa shape index (κ1) is 12.9. The largest absolute Gasteiger partial charge is 0.367 e. The highest BCUT2D eigenvalue weighted by Gasteiger charge is 2.04. The van der Waals surface area contributed by atoms with Gasteiger partial charge in [0.05, 0.1) is 11.6 Å². The second kappa shape index (κ2) is 6.39. The summed E-state index contributed by atoms with van der Waals surface area (Å²) in [5.74, 6) is 2.96. The molecule has 0 bridgehead atoms. The second-order valence-corrected chi connectivity index (χ2v) is 5.02. The van der Waals surface area contributed by atoms with Crippen molar-refractivity contribution in [2.24, 2.45) is 0 Å². The molecule has 1 aromatic heterocycles. The summed E-state index contributed by atoms with van der Waals surface area (Å²) in [6, 6.07) is 6.09. The number of hydrogen-bond donors (Lipinski definition) is 1. The molecule has 1 heterocycles. The number of hydrogen-bond acceptors (Lipinski definition) is 4. The molecule has 0 aliphatic carbocycles. The summed E-state index contributed by atoms with van der Waals surface area (Å²) in [6.45, 7) is 6.17. The molecule has 0 aliphatic heterocycles. The number of aromatic nitrogens is 1. The molecule has 1 rings (SSSR count). The predicted octanol–water partition coefficient (Wildman–Crippen LogP) is 2.82. The Morgan fingerprint density at radius 2 is 2.31 bits per heavy atom. The van der Waals surface area contributed by atoms with Gasteiger partial charge in [-0.2, -0.15) is 17.0 Å². The van der Waals surface area contributed by atoms with E-state index in [9.17, 15) is 0 Å². The zero-order valence-corrected chi connectivity index (χ0v) is 10.8. The van der Waals surface area contributed by atoms with E-state index < -0.39 is 0 Å². The van der Waals surface area contributed by atoms with Crippen LogP contribution in [0.15, 0.2) is 12.1 Å². The molecule has 0 fully saturated rings. The molecule has 0 spiro atoms. The minimum Gasteiger partial charge on any atom is -0.367 e.